The molecule has 9 heteroatoms. The van der Waals surface area contributed by atoms with Gasteiger partial charge in [0.25, 0.3) is 5.91 Å². The van der Waals surface area contributed by atoms with Crippen LogP contribution in [0.15, 0.2) is 11.8 Å². The van der Waals surface area contributed by atoms with Crippen molar-refractivity contribution in [2.75, 3.05) is 6.61 Å². The first kappa shape index (κ1) is 13.4. The SMILES string of the molecule is CC1=CN(C2OC(CO)C(O)C2O)S(=O)NC1=O. The van der Waals surface area contributed by atoms with Gasteiger partial charge in [0, 0.05) is 11.8 Å². The highest BCUT2D eigenvalue weighted by molar-refractivity contribution is 7.81. The number of carbonyl (C=O) groups is 1. The van der Waals surface area contributed by atoms with E-state index >= 15 is 0 Å². The largest absolute Gasteiger partial charge is 0.394 e. The maximum Gasteiger partial charge on any atom is 0.261 e. The molecule has 2 heterocycles. The predicted octanol–water partition coefficient (Wildman–Crippen LogP) is -2.66. The number of nitrogens with one attached hydrogen (secondary N) is 1. The molecule has 2 aliphatic rings. The molecule has 0 aromatic rings. The molecule has 102 valence electrons. The summed E-state index contributed by atoms with van der Waals surface area (Å²) in [5.41, 5.74) is 0.298. The van der Waals surface area contributed by atoms with E-state index in [0.29, 0.717) is 5.57 Å². The van der Waals surface area contributed by atoms with Gasteiger partial charge in [-0.1, -0.05) is 0 Å². The average molecular weight is 278 g/mol. The quantitative estimate of drug-likeness (QED) is 0.438. The van der Waals surface area contributed by atoms with Crippen molar-refractivity contribution in [3.8, 4) is 0 Å². The summed E-state index contributed by atoms with van der Waals surface area (Å²) >= 11 is -1.89. The number of ether oxygens (including phenoxy) is 1. The third kappa shape index (κ3) is 2.15. The number of amides is 1. The molecule has 0 bridgehead atoms. The van der Waals surface area contributed by atoms with Crippen molar-refractivity contribution in [3.63, 3.8) is 0 Å². The lowest BCUT2D eigenvalue weighted by molar-refractivity contribution is -0.116. The van der Waals surface area contributed by atoms with Crippen LogP contribution < -0.4 is 4.72 Å². The molecule has 0 spiro atoms. The molecular formula is C9H14N2O6S. The summed E-state index contributed by atoms with van der Waals surface area (Å²) in [7, 11) is 0. The highest BCUT2D eigenvalue weighted by Gasteiger charge is 2.47. The number of carbonyl (C=O) groups excluding carboxylic acids is 1. The Morgan fingerprint density at radius 3 is 2.72 bits per heavy atom. The molecule has 5 atom stereocenters. The Morgan fingerprint density at radius 1 is 1.50 bits per heavy atom. The molecule has 1 fully saturated rings. The summed E-state index contributed by atoms with van der Waals surface area (Å²) in [6, 6.07) is 0. The molecular weight excluding hydrogens is 264 g/mol. The number of hydrogen-bond donors (Lipinski definition) is 4. The fraction of sp³-hybridized carbons (Fsp3) is 0.667. The Balaban J connectivity index is 2.22. The van der Waals surface area contributed by atoms with E-state index in [1.165, 1.54) is 13.1 Å². The van der Waals surface area contributed by atoms with E-state index in [1.54, 1.807) is 0 Å². The number of hydrogen-bond acceptors (Lipinski definition) is 6. The Morgan fingerprint density at radius 2 is 2.17 bits per heavy atom. The molecule has 0 aliphatic carbocycles. The summed E-state index contributed by atoms with van der Waals surface area (Å²) in [5.74, 6) is -0.476. The van der Waals surface area contributed by atoms with Gasteiger partial charge < -0.3 is 20.1 Å². The number of rotatable bonds is 2. The zero-order valence-electron chi connectivity index (χ0n) is 9.52. The molecule has 0 aromatic carbocycles. The summed E-state index contributed by atoms with van der Waals surface area (Å²) in [6.45, 7) is 1.05. The van der Waals surface area contributed by atoms with E-state index < -0.39 is 48.2 Å². The number of nitrogens with zero attached hydrogens (tertiary/aromatic N) is 1. The third-order valence-corrected chi connectivity index (χ3v) is 3.87. The van der Waals surface area contributed by atoms with Gasteiger partial charge in [-0.3, -0.25) is 13.8 Å². The monoisotopic (exact) mass is 278 g/mol. The van der Waals surface area contributed by atoms with Crippen LogP contribution >= 0.6 is 0 Å². The molecule has 2 aliphatic heterocycles. The Hall–Kier alpha value is -1.00. The van der Waals surface area contributed by atoms with Gasteiger partial charge in [0.1, 0.15) is 18.3 Å². The average Bonchev–Trinajstić information content (AvgIpc) is 2.61. The molecule has 0 saturated carbocycles. The molecule has 1 amide bonds. The van der Waals surface area contributed by atoms with Gasteiger partial charge in [0.05, 0.1) is 6.61 Å². The number of aliphatic hydroxyl groups is 3. The molecule has 18 heavy (non-hydrogen) atoms. The molecule has 8 nitrogen and oxygen atoms in total. The van der Waals surface area contributed by atoms with Gasteiger partial charge in [0.2, 0.25) is 11.2 Å². The van der Waals surface area contributed by atoms with Crippen LogP contribution in [0, 0.1) is 0 Å². The summed E-state index contributed by atoms with van der Waals surface area (Å²) in [6.07, 6.45) is -3.36. The second kappa shape index (κ2) is 4.94. The predicted molar refractivity (Wildman–Crippen MR) is 59.6 cm³/mol. The van der Waals surface area contributed by atoms with Gasteiger partial charge in [0.15, 0.2) is 6.23 Å². The van der Waals surface area contributed by atoms with Crippen LogP contribution in [0.4, 0.5) is 0 Å². The smallest absolute Gasteiger partial charge is 0.261 e. The molecule has 2 rings (SSSR count). The Bertz CT molecular complexity index is 414. The van der Waals surface area contributed by atoms with E-state index in [1.807, 2.05) is 0 Å². The van der Waals surface area contributed by atoms with Gasteiger partial charge in [-0.25, -0.2) is 4.21 Å². The van der Waals surface area contributed by atoms with Crippen molar-refractivity contribution < 1.29 is 29.1 Å². The summed E-state index contributed by atoms with van der Waals surface area (Å²) in [5, 5.41) is 28.3. The lowest BCUT2D eigenvalue weighted by Crippen LogP contribution is -2.49. The standard InChI is InChI=1S/C9H14N2O6S/c1-4-2-11(18(16)10-8(4)15)9-7(14)6(13)5(3-12)17-9/h2,5-7,9,12-14H,3H2,1H3,(H,10,15). The van der Waals surface area contributed by atoms with E-state index in [-0.39, 0.29) is 0 Å². The van der Waals surface area contributed by atoms with Crippen molar-refractivity contribution in [3.05, 3.63) is 11.8 Å². The van der Waals surface area contributed by atoms with Gasteiger partial charge in [-0.05, 0) is 6.92 Å². The minimum absolute atomic E-state index is 0.298. The minimum Gasteiger partial charge on any atom is -0.394 e. The van der Waals surface area contributed by atoms with Crippen LogP contribution in [0.2, 0.25) is 0 Å². The maximum absolute atomic E-state index is 11.7. The number of aliphatic hydroxyl groups excluding tert-OH is 3. The van der Waals surface area contributed by atoms with Crippen molar-refractivity contribution in [1.29, 1.82) is 0 Å². The van der Waals surface area contributed by atoms with Crippen molar-refractivity contribution in [2.45, 2.75) is 31.5 Å². The van der Waals surface area contributed by atoms with Crippen molar-refractivity contribution in [1.82, 2.24) is 9.03 Å². The fourth-order valence-electron chi connectivity index (χ4n) is 1.77. The van der Waals surface area contributed by atoms with Crippen LogP contribution in [0.3, 0.4) is 0 Å². The minimum atomic E-state index is -1.89. The normalized spacial score (nSPS) is 40.7. The van der Waals surface area contributed by atoms with Crippen LogP contribution in [-0.4, -0.2) is 60.9 Å². The third-order valence-electron chi connectivity index (χ3n) is 2.82. The molecule has 0 aromatic heterocycles. The van der Waals surface area contributed by atoms with Crippen LogP contribution in [0.5, 0.6) is 0 Å². The van der Waals surface area contributed by atoms with Crippen LogP contribution in [0.25, 0.3) is 0 Å². The Kier molecular flexibility index (Phi) is 3.69. The van der Waals surface area contributed by atoms with E-state index in [4.69, 9.17) is 9.84 Å². The topological polar surface area (TPSA) is 119 Å². The Labute approximate surface area is 106 Å². The zero-order valence-corrected chi connectivity index (χ0v) is 10.3. The highest BCUT2D eigenvalue weighted by Crippen LogP contribution is 2.26. The lowest BCUT2D eigenvalue weighted by atomic mass is 10.1. The maximum atomic E-state index is 11.7. The molecule has 4 N–H and O–H groups in total. The highest BCUT2D eigenvalue weighted by atomic mass is 32.2. The first-order valence-corrected chi connectivity index (χ1v) is 6.38. The van der Waals surface area contributed by atoms with E-state index in [2.05, 4.69) is 4.72 Å². The van der Waals surface area contributed by atoms with Crippen LogP contribution in [0.1, 0.15) is 6.92 Å². The molecule has 5 unspecified atom stereocenters. The summed E-state index contributed by atoms with van der Waals surface area (Å²) < 4.78 is 20.2. The van der Waals surface area contributed by atoms with Crippen LogP contribution in [-0.2, 0) is 20.7 Å². The summed E-state index contributed by atoms with van der Waals surface area (Å²) in [4.78, 5) is 11.2. The second-order valence-corrected chi connectivity index (χ2v) is 5.21. The second-order valence-electron chi connectivity index (χ2n) is 4.08. The van der Waals surface area contributed by atoms with Gasteiger partial charge >= 0.3 is 0 Å². The van der Waals surface area contributed by atoms with Crippen molar-refractivity contribution in [2.24, 2.45) is 0 Å². The first-order chi connectivity index (χ1) is 8.45. The van der Waals surface area contributed by atoms with Crippen molar-refractivity contribution >= 4 is 17.1 Å². The van der Waals surface area contributed by atoms with Gasteiger partial charge in [-0.2, -0.15) is 0 Å². The van der Waals surface area contributed by atoms with E-state index in [0.717, 1.165) is 4.31 Å². The van der Waals surface area contributed by atoms with E-state index in [9.17, 15) is 19.2 Å². The first-order valence-electron chi connectivity index (χ1n) is 5.27. The lowest BCUT2D eigenvalue weighted by Gasteiger charge is -2.30. The zero-order chi connectivity index (χ0) is 13.4. The van der Waals surface area contributed by atoms with Gasteiger partial charge in [-0.15, -0.1) is 0 Å². The molecule has 0 radical (unpaired) electrons. The molecule has 1 saturated heterocycles. The fourth-order valence-corrected chi connectivity index (χ4v) is 2.81.